The Morgan fingerprint density at radius 1 is 1.10 bits per heavy atom. The number of aliphatic hydroxyl groups excluding tert-OH is 1. The van der Waals surface area contributed by atoms with Crippen LogP contribution in [0.1, 0.15) is 82.8 Å². The molecule has 0 spiro atoms. The van der Waals surface area contributed by atoms with E-state index in [9.17, 15) is 15.0 Å². The molecule has 4 rings (SSSR count). The third-order valence-corrected chi connectivity index (χ3v) is 7.34. The molecule has 2 saturated carbocycles. The topological polar surface area (TPSA) is 57.5 Å². The van der Waals surface area contributed by atoms with Crippen LogP contribution >= 0.6 is 0 Å². The van der Waals surface area contributed by atoms with Gasteiger partial charge in [0.1, 0.15) is 5.60 Å². The minimum atomic E-state index is -0.842. The SMILES string of the molecule is CC1=C2CCC[C@H](O)[C@@]2(C)CC(=Cc2ccc(C#CC3(O)CCCCC3)cc2)C1=O. The summed E-state index contributed by atoms with van der Waals surface area (Å²) in [6, 6.07) is 7.85. The van der Waals surface area contributed by atoms with Crippen molar-refractivity contribution in [2.24, 2.45) is 5.41 Å². The molecule has 2 fully saturated rings. The van der Waals surface area contributed by atoms with Gasteiger partial charge in [-0.2, -0.15) is 0 Å². The summed E-state index contributed by atoms with van der Waals surface area (Å²) in [5.41, 5.74) is 3.40. The number of hydrogen-bond acceptors (Lipinski definition) is 3. The molecule has 0 saturated heterocycles. The Kier molecular flexibility index (Phi) is 5.75. The molecule has 1 aromatic carbocycles. The van der Waals surface area contributed by atoms with Crippen molar-refractivity contribution in [1.29, 1.82) is 0 Å². The summed E-state index contributed by atoms with van der Waals surface area (Å²) in [7, 11) is 0. The Hall–Kier alpha value is -2.15. The molecular weight excluding hydrogens is 372 g/mol. The maximum Gasteiger partial charge on any atom is 0.184 e. The summed E-state index contributed by atoms with van der Waals surface area (Å²) in [6.07, 6.45) is 9.59. The molecule has 2 N–H and O–H groups in total. The van der Waals surface area contributed by atoms with Crippen molar-refractivity contribution in [2.45, 2.75) is 83.3 Å². The standard InChI is InChI=1S/C27H32O3/c1-19-23-7-6-8-24(28)26(23,2)18-22(25(19)29)17-21-11-9-20(10-12-21)13-16-27(30)14-4-3-5-15-27/h9-12,17,24,28,30H,3-8,14-15,18H2,1-2H3/t24-,26-/m0/s1. The van der Waals surface area contributed by atoms with Crippen LogP contribution in [0.5, 0.6) is 0 Å². The van der Waals surface area contributed by atoms with Crippen molar-refractivity contribution in [3.63, 3.8) is 0 Å². The van der Waals surface area contributed by atoms with Gasteiger partial charge in [0, 0.05) is 16.6 Å². The second-order valence-electron chi connectivity index (χ2n) is 9.57. The first kappa shape index (κ1) is 21.1. The van der Waals surface area contributed by atoms with Crippen LogP contribution in [0.15, 0.2) is 41.0 Å². The molecule has 3 aliphatic carbocycles. The van der Waals surface area contributed by atoms with Gasteiger partial charge in [0.15, 0.2) is 5.78 Å². The zero-order valence-corrected chi connectivity index (χ0v) is 18.1. The summed E-state index contributed by atoms with van der Waals surface area (Å²) in [4.78, 5) is 13.0. The normalized spacial score (nSPS) is 29.9. The highest BCUT2D eigenvalue weighted by Gasteiger charge is 2.45. The van der Waals surface area contributed by atoms with Gasteiger partial charge in [0.25, 0.3) is 0 Å². The first-order chi connectivity index (χ1) is 14.3. The molecule has 0 bridgehead atoms. The average molecular weight is 405 g/mol. The number of ketones is 1. The van der Waals surface area contributed by atoms with Crippen LogP contribution in [0.3, 0.4) is 0 Å². The van der Waals surface area contributed by atoms with Crippen LogP contribution in [0.4, 0.5) is 0 Å². The Morgan fingerprint density at radius 3 is 2.50 bits per heavy atom. The Balaban J connectivity index is 1.55. The predicted octanol–water partition coefficient (Wildman–Crippen LogP) is 4.96. The monoisotopic (exact) mass is 404 g/mol. The number of carbonyl (C=O) groups excluding carboxylic acids is 1. The Bertz CT molecular complexity index is 948. The fourth-order valence-electron chi connectivity index (χ4n) is 5.40. The second-order valence-corrected chi connectivity index (χ2v) is 9.57. The minimum Gasteiger partial charge on any atom is -0.392 e. The van der Waals surface area contributed by atoms with Crippen molar-refractivity contribution in [1.82, 2.24) is 0 Å². The molecule has 3 nitrogen and oxygen atoms in total. The van der Waals surface area contributed by atoms with Gasteiger partial charge >= 0.3 is 0 Å². The van der Waals surface area contributed by atoms with Crippen LogP contribution < -0.4 is 0 Å². The van der Waals surface area contributed by atoms with Crippen LogP contribution in [-0.4, -0.2) is 27.7 Å². The number of hydrogen-bond donors (Lipinski definition) is 2. The minimum absolute atomic E-state index is 0.111. The van der Waals surface area contributed by atoms with Gasteiger partial charge < -0.3 is 10.2 Å². The highest BCUT2D eigenvalue weighted by molar-refractivity contribution is 6.12. The molecule has 0 amide bonds. The maximum atomic E-state index is 13.0. The zero-order valence-electron chi connectivity index (χ0n) is 18.1. The van der Waals surface area contributed by atoms with Crippen LogP contribution in [0.2, 0.25) is 0 Å². The third kappa shape index (κ3) is 4.04. The molecule has 0 heterocycles. The molecule has 158 valence electrons. The van der Waals surface area contributed by atoms with Crippen molar-refractivity contribution >= 4 is 11.9 Å². The van der Waals surface area contributed by atoms with E-state index in [0.29, 0.717) is 6.42 Å². The van der Waals surface area contributed by atoms with Crippen molar-refractivity contribution in [3.05, 3.63) is 52.1 Å². The fraction of sp³-hybridized carbons (Fsp3) is 0.519. The summed E-state index contributed by atoms with van der Waals surface area (Å²) in [6.45, 7) is 4.01. The summed E-state index contributed by atoms with van der Waals surface area (Å²) >= 11 is 0. The van der Waals surface area contributed by atoms with Gasteiger partial charge in [-0.05, 0) is 87.6 Å². The third-order valence-electron chi connectivity index (χ3n) is 7.34. The predicted molar refractivity (Wildman–Crippen MR) is 120 cm³/mol. The van der Waals surface area contributed by atoms with Crippen molar-refractivity contribution in [3.8, 4) is 11.8 Å². The van der Waals surface area contributed by atoms with Gasteiger partial charge in [-0.3, -0.25) is 4.79 Å². The summed E-state index contributed by atoms with van der Waals surface area (Å²) in [5.74, 6) is 6.30. The molecule has 2 atom stereocenters. The van der Waals surface area contributed by atoms with Gasteiger partial charge in [-0.15, -0.1) is 0 Å². The van der Waals surface area contributed by atoms with E-state index in [1.54, 1.807) is 0 Å². The fourth-order valence-corrected chi connectivity index (χ4v) is 5.40. The number of Topliss-reactive ketones (excluding diaryl/α,β-unsaturated/α-hetero) is 1. The van der Waals surface area contributed by atoms with E-state index >= 15 is 0 Å². The largest absolute Gasteiger partial charge is 0.392 e. The number of benzene rings is 1. The molecule has 0 unspecified atom stereocenters. The number of fused-ring (bicyclic) bond motifs is 1. The molecule has 3 aliphatic rings. The Labute approximate surface area is 179 Å². The number of aliphatic hydroxyl groups is 2. The van der Waals surface area contributed by atoms with Crippen molar-refractivity contribution < 1.29 is 15.0 Å². The van der Waals surface area contributed by atoms with Crippen molar-refractivity contribution in [2.75, 3.05) is 0 Å². The highest BCUT2D eigenvalue weighted by Crippen LogP contribution is 2.50. The van der Waals surface area contributed by atoms with E-state index in [4.69, 9.17) is 0 Å². The molecule has 30 heavy (non-hydrogen) atoms. The lowest BCUT2D eigenvalue weighted by Gasteiger charge is -2.45. The van der Waals surface area contributed by atoms with E-state index in [2.05, 4.69) is 18.8 Å². The highest BCUT2D eigenvalue weighted by atomic mass is 16.3. The first-order valence-electron chi connectivity index (χ1n) is 11.3. The summed E-state index contributed by atoms with van der Waals surface area (Å²) < 4.78 is 0. The lowest BCUT2D eigenvalue weighted by molar-refractivity contribution is -0.113. The second kappa shape index (κ2) is 8.17. The smallest absolute Gasteiger partial charge is 0.184 e. The van der Waals surface area contributed by atoms with Gasteiger partial charge in [-0.25, -0.2) is 0 Å². The maximum absolute atomic E-state index is 13.0. The van der Waals surface area contributed by atoms with E-state index in [0.717, 1.165) is 72.8 Å². The van der Waals surface area contributed by atoms with E-state index in [1.165, 1.54) is 6.42 Å². The number of allylic oxidation sites excluding steroid dienone is 2. The molecule has 3 heteroatoms. The Morgan fingerprint density at radius 2 is 1.80 bits per heavy atom. The molecule has 0 aliphatic heterocycles. The van der Waals surface area contributed by atoms with E-state index in [-0.39, 0.29) is 11.2 Å². The van der Waals surface area contributed by atoms with Gasteiger partial charge in [0.05, 0.1) is 6.10 Å². The molecular formula is C27H32O3. The number of rotatable bonds is 1. The lowest BCUT2D eigenvalue weighted by Crippen LogP contribution is -2.42. The van der Waals surface area contributed by atoms with Gasteiger partial charge in [0.2, 0.25) is 0 Å². The zero-order chi connectivity index (χ0) is 21.4. The first-order valence-corrected chi connectivity index (χ1v) is 11.3. The molecule has 0 radical (unpaired) electrons. The van der Waals surface area contributed by atoms with Gasteiger partial charge in [-0.1, -0.05) is 42.9 Å². The van der Waals surface area contributed by atoms with E-state index in [1.807, 2.05) is 37.3 Å². The summed E-state index contributed by atoms with van der Waals surface area (Å²) in [5, 5.41) is 21.2. The van der Waals surface area contributed by atoms with Crippen LogP contribution in [-0.2, 0) is 4.79 Å². The molecule has 1 aromatic rings. The quantitative estimate of drug-likeness (QED) is 0.514. The average Bonchev–Trinajstić information content (AvgIpc) is 2.73. The van der Waals surface area contributed by atoms with Crippen LogP contribution in [0.25, 0.3) is 6.08 Å². The van der Waals surface area contributed by atoms with Crippen LogP contribution in [0, 0.1) is 17.3 Å². The lowest BCUT2D eigenvalue weighted by atomic mass is 9.61. The molecule has 0 aromatic heterocycles. The van der Waals surface area contributed by atoms with E-state index < -0.39 is 11.7 Å². The number of carbonyl (C=O) groups is 1.